The Balaban J connectivity index is 1.79. The van der Waals surface area contributed by atoms with E-state index < -0.39 is 21.0 Å². The zero-order chi connectivity index (χ0) is 20.6. The minimum absolute atomic E-state index is 0.0946. The number of anilines is 1. The van der Waals surface area contributed by atoms with Crippen LogP contribution in [0, 0.1) is 20.2 Å². The van der Waals surface area contributed by atoms with Crippen molar-refractivity contribution < 1.29 is 14.6 Å². The standard InChI is InChI=1S/C21H19N3O5/c1-20-9-5-6-14-10-13-11-15(23(25)26)12-18(24(27)28)19(13)29-21(14,20)22(2)17-8-4-3-7-16(17)20/h3-4,7-8,10-12H,5-6,9H2,1-2H3/t20-,21-/m0/s1. The van der Waals surface area contributed by atoms with Crippen LogP contribution in [0.3, 0.4) is 0 Å². The maximum atomic E-state index is 11.7. The number of para-hydroxylation sites is 1. The van der Waals surface area contributed by atoms with Crippen LogP contribution in [0.4, 0.5) is 17.1 Å². The van der Waals surface area contributed by atoms with Crippen LogP contribution in [0.1, 0.15) is 37.3 Å². The lowest BCUT2D eigenvalue weighted by molar-refractivity contribution is -0.395. The number of nitrogens with zero attached hydrogens (tertiary/aromatic N) is 3. The van der Waals surface area contributed by atoms with Crippen LogP contribution in [-0.2, 0) is 5.41 Å². The molecule has 5 rings (SSSR count). The van der Waals surface area contributed by atoms with E-state index in [1.165, 1.54) is 6.07 Å². The first-order chi connectivity index (χ1) is 13.8. The van der Waals surface area contributed by atoms with Gasteiger partial charge in [0.25, 0.3) is 5.69 Å². The van der Waals surface area contributed by atoms with Gasteiger partial charge in [0.2, 0.25) is 11.5 Å². The highest BCUT2D eigenvalue weighted by molar-refractivity contribution is 5.79. The van der Waals surface area contributed by atoms with Crippen LogP contribution in [0.5, 0.6) is 5.75 Å². The Morgan fingerprint density at radius 1 is 1.14 bits per heavy atom. The van der Waals surface area contributed by atoms with Crippen LogP contribution < -0.4 is 9.64 Å². The Morgan fingerprint density at radius 2 is 1.90 bits per heavy atom. The molecule has 1 aliphatic carbocycles. The number of nitro benzene ring substituents is 2. The van der Waals surface area contributed by atoms with Gasteiger partial charge in [-0.3, -0.25) is 20.2 Å². The summed E-state index contributed by atoms with van der Waals surface area (Å²) in [5, 5.41) is 23.0. The Hall–Kier alpha value is -3.42. The molecule has 0 aromatic heterocycles. The lowest BCUT2D eigenvalue weighted by Crippen LogP contribution is -2.63. The number of ether oxygens (including phenoxy) is 1. The van der Waals surface area contributed by atoms with E-state index in [-0.39, 0.29) is 17.1 Å². The molecule has 2 aliphatic heterocycles. The summed E-state index contributed by atoms with van der Waals surface area (Å²) >= 11 is 0. The summed E-state index contributed by atoms with van der Waals surface area (Å²) in [5.41, 5.74) is 1.60. The maximum Gasteiger partial charge on any atom is 0.318 e. The van der Waals surface area contributed by atoms with Crippen LogP contribution in [0.2, 0.25) is 0 Å². The van der Waals surface area contributed by atoms with Gasteiger partial charge >= 0.3 is 5.69 Å². The topological polar surface area (TPSA) is 98.8 Å². The largest absolute Gasteiger partial charge is 0.455 e. The smallest absolute Gasteiger partial charge is 0.318 e. The minimum Gasteiger partial charge on any atom is -0.455 e. The molecule has 2 atom stereocenters. The predicted molar refractivity (Wildman–Crippen MR) is 107 cm³/mol. The molecule has 0 radical (unpaired) electrons. The van der Waals surface area contributed by atoms with Gasteiger partial charge in [0.15, 0.2) is 0 Å². The van der Waals surface area contributed by atoms with Crippen molar-refractivity contribution in [1.29, 1.82) is 0 Å². The summed E-state index contributed by atoms with van der Waals surface area (Å²) in [4.78, 5) is 23.9. The summed E-state index contributed by atoms with van der Waals surface area (Å²) in [6, 6.07) is 10.4. The van der Waals surface area contributed by atoms with Gasteiger partial charge in [-0.25, -0.2) is 0 Å². The van der Waals surface area contributed by atoms with E-state index in [0.717, 1.165) is 42.2 Å². The van der Waals surface area contributed by atoms with E-state index in [9.17, 15) is 20.2 Å². The average molecular weight is 393 g/mol. The van der Waals surface area contributed by atoms with Gasteiger partial charge in [0, 0.05) is 24.4 Å². The number of rotatable bonds is 2. The first-order valence-corrected chi connectivity index (χ1v) is 9.50. The Bertz CT molecular complexity index is 1130. The molecule has 2 heterocycles. The quantitative estimate of drug-likeness (QED) is 0.548. The van der Waals surface area contributed by atoms with Crippen LogP contribution in [-0.4, -0.2) is 22.6 Å². The zero-order valence-electron chi connectivity index (χ0n) is 16.0. The molecule has 2 aromatic carbocycles. The molecule has 0 N–H and O–H groups in total. The second-order valence-electron chi connectivity index (χ2n) is 8.07. The number of hydrogen-bond acceptors (Lipinski definition) is 6. The first kappa shape index (κ1) is 17.7. The van der Waals surface area contributed by atoms with Crippen molar-refractivity contribution in [1.82, 2.24) is 0 Å². The number of fused-ring (bicyclic) bond motifs is 3. The SMILES string of the molecule is CN1c2ccccc2[C@]2(C)CCCC3=Cc4cc([N+](=O)[O-])cc([N+](=O)[O-])c4O[C@]312. The maximum absolute atomic E-state index is 11.7. The van der Waals surface area contributed by atoms with Crippen LogP contribution in [0.25, 0.3) is 6.08 Å². The molecule has 8 nitrogen and oxygen atoms in total. The summed E-state index contributed by atoms with van der Waals surface area (Å²) in [5.74, 6) is 0.0946. The first-order valence-electron chi connectivity index (χ1n) is 9.50. The Labute approximate surface area is 166 Å². The highest BCUT2D eigenvalue weighted by Crippen LogP contribution is 2.62. The lowest BCUT2D eigenvalue weighted by atomic mass is 9.64. The van der Waals surface area contributed by atoms with Gasteiger partial charge < -0.3 is 9.64 Å². The average Bonchev–Trinajstić information content (AvgIpc) is 2.89. The molecule has 0 bridgehead atoms. The van der Waals surface area contributed by atoms with Gasteiger partial charge in [-0.05, 0) is 49.5 Å². The summed E-state index contributed by atoms with van der Waals surface area (Å²) in [7, 11) is 1.95. The van der Waals surface area contributed by atoms with Gasteiger partial charge in [-0.2, -0.15) is 0 Å². The van der Waals surface area contributed by atoms with E-state index in [1.807, 2.05) is 31.3 Å². The third kappa shape index (κ3) is 2.03. The fourth-order valence-corrected chi connectivity index (χ4v) is 5.46. The fourth-order valence-electron chi connectivity index (χ4n) is 5.46. The Kier molecular flexibility index (Phi) is 3.39. The summed E-state index contributed by atoms with van der Waals surface area (Å²) in [6.07, 6.45) is 4.45. The van der Waals surface area contributed by atoms with E-state index in [2.05, 4.69) is 17.9 Å². The van der Waals surface area contributed by atoms with Gasteiger partial charge in [0.1, 0.15) is 0 Å². The van der Waals surface area contributed by atoms with Gasteiger partial charge in [-0.1, -0.05) is 18.2 Å². The zero-order valence-corrected chi connectivity index (χ0v) is 16.0. The summed E-state index contributed by atoms with van der Waals surface area (Å²) in [6.45, 7) is 2.14. The van der Waals surface area contributed by atoms with Crippen molar-refractivity contribution >= 4 is 23.1 Å². The number of non-ortho nitro benzene ring substituents is 1. The number of likely N-dealkylation sites (N-methyl/N-ethyl adjacent to an activating group) is 1. The highest BCUT2D eigenvalue weighted by atomic mass is 16.6. The third-order valence-electron chi connectivity index (χ3n) is 6.71. The molecule has 3 aliphatic rings. The normalized spacial score (nSPS) is 26.4. The molecule has 8 heteroatoms. The van der Waals surface area contributed by atoms with E-state index in [0.29, 0.717) is 5.56 Å². The number of hydrogen-bond donors (Lipinski definition) is 0. The fraction of sp³-hybridized carbons (Fsp3) is 0.333. The lowest BCUT2D eigenvalue weighted by Gasteiger charge is -2.53. The van der Waals surface area contributed by atoms with E-state index >= 15 is 0 Å². The van der Waals surface area contributed by atoms with Crippen molar-refractivity contribution in [3.63, 3.8) is 0 Å². The molecule has 0 saturated heterocycles. The molecule has 1 spiro atoms. The highest BCUT2D eigenvalue weighted by Gasteiger charge is 2.65. The van der Waals surface area contributed by atoms with Gasteiger partial charge in [0.05, 0.1) is 21.3 Å². The molecule has 0 unspecified atom stereocenters. The van der Waals surface area contributed by atoms with Crippen LogP contribution in [0.15, 0.2) is 42.0 Å². The second-order valence-corrected chi connectivity index (χ2v) is 8.07. The molecule has 29 heavy (non-hydrogen) atoms. The summed E-state index contributed by atoms with van der Waals surface area (Å²) < 4.78 is 6.57. The molecule has 2 aromatic rings. The molecule has 1 fully saturated rings. The van der Waals surface area contributed by atoms with Crippen molar-refractivity contribution in [2.45, 2.75) is 37.3 Å². The number of benzene rings is 2. The third-order valence-corrected chi connectivity index (χ3v) is 6.71. The minimum atomic E-state index is -0.886. The predicted octanol–water partition coefficient (Wildman–Crippen LogP) is 4.57. The van der Waals surface area contributed by atoms with E-state index in [4.69, 9.17) is 4.74 Å². The van der Waals surface area contributed by atoms with Crippen molar-refractivity contribution in [2.24, 2.45) is 0 Å². The van der Waals surface area contributed by atoms with Crippen LogP contribution >= 0.6 is 0 Å². The van der Waals surface area contributed by atoms with Crippen molar-refractivity contribution in [2.75, 3.05) is 11.9 Å². The van der Waals surface area contributed by atoms with Gasteiger partial charge in [-0.15, -0.1) is 0 Å². The Morgan fingerprint density at radius 3 is 2.62 bits per heavy atom. The van der Waals surface area contributed by atoms with E-state index in [1.54, 1.807) is 0 Å². The number of nitro groups is 2. The molecular formula is C21H19N3O5. The monoisotopic (exact) mass is 393 g/mol. The molecular weight excluding hydrogens is 374 g/mol. The molecule has 148 valence electrons. The molecule has 1 saturated carbocycles. The second kappa shape index (κ2) is 5.56. The van der Waals surface area contributed by atoms with Crippen molar-refractivity contribution in [3.05, 3.63) is 73.3 Å². The van der Waals surface area contributed by atoms with Crippen molar-refractivity contribution in [3.8, 4) is 5.75 Å². The molecule has 0 amide bonds.